The first-order valence-electron chi connectivity index (χ1n) is 8.21. The summed E-state index contributed by atoms with van der Waals surface area (Å²) in [6, 6.07) is 7.26. The van der Waals surface area contributed by atoms with E-state index in [4.69, 9.17) is 0 Å². The number of carbonyl (C=O) groups is 1. The Morgan fingerprint density at radius 1 is 1.32 bits per heavy atom. The summed E-state index contributed by atoms with van der Waals surface area (Å²) in [6.45, 7) is 5.61. The second-order valence-corrected chi connectivity index (χ2v) is 7.16. The molecule has 1 amide bonds. The molecule has 7 heteroatoms. The van der Waals surface area contributed by atoms with E-state index in [1.807, 2.05) is 13.8 Å². The molecule has 0 radical (unpaired) electrons. The number of halogens is 1. The summed E-state index contributed by atoms with van der Waals surface area (Å²) >= 11 is 1.21. The number of amides is 1. The van der Waals surface area contributed by atoms with Gasteiger partial charge in [0.15, 0.2) is 5.16 Å². The Bertz CT molecular complexity index is 777. The van der Waals surface area contributed by atoms with E-state index in [0.717, 1.165) is 24.1 Å². The maximum Gasteiger partial charge on any atom is 0.251 e. The van der Waals surface area contributed by atoms with E-state index in [-0.39, 0.29) is 23.3 Å². The van der Waals surface area contributed by atoms with E-state index in [1.165, 1.54) is 30.0 Å². The van der Waals surface area contributed by atoms with E-state index >= 15 is 0 Å². The fraction of sp³-hybridized carbons (Fsp3) is 0.389. The van der Waals surface area contributed by atoms with Gasteiger partial charge in [-0.3, -0.25) is 9.59 Å². The Morgan fingerprint density at radius 2 is 2.00 bits per heavy atom. The Labute approximate surface area is 150 Å². The third-order valence-corrected chi connectivity index (χ3v) is 4.65. The first kappa shape index (κ1) is 19.2. The topological polar surface area (TPSA) is 74.8 Å². The zero-order valence-electron chi connectivity index (χ0n) is 14.5. The van der Waals surface area contributed by atoms with Gasteiger partial charge in [-0.15, -0.1) is 0 Å². The highest BCUT2D eigenvalue weighted by Gasteiger charge is 2.18. The minimum Gasteiger partial charge on any atom is -0.349 e. The standard InChI is InChI=1S/C18H22FN3O2S/c1-4-5-15-10-16(23)22-18(21-15)25-12(3)17(24)20-11(2)13-6-8-14(19)9-7-13/h6-12H,4-5H2,1-3H3,(H,20,24)(H,21,22,23)/t11-,12-/m1/s1. The summed E-state index contributed by atoms with van der Waals surface area (Å²) < 4.78 is 13.0. The summed E-state index contributed by atoms with van der Waals surface area (Å²) in [5.74, 6) is -0.487. The smallest absolute Gasteiger partial charge is 0.251 e. The number of carbonyl (C=O) groups excluding carboxylic acids is 1. The number of H-pyrrole nitrogens is 1. The van der Waals surface area contributed by atoms with Crippen LogP contribution >= 0.6 is 11.8 Å². The average molecular weight is 363 g/mol. The van der Waals surface area contributed by atoms with Crippen molar-refractivity contribution in [2.45, 2.75) is 50.1 Å². The maximum atomic E-state index is 13.0. The van der Waals surface area contributed by atoms with Gasteiger partial charge in [0.2, 0.25) is 5.91 Å². The number of rotatable bonds is 7. The zero-order valence-corrected chi connectivity index (χ0v) is 15.3. The van der Waals surface area contributed by atoms with Crippen molar-refractivity contribution >= 4 is 17.7 Å². The van der Waals surface area contributed by atoms with Crippen LogP contribution in [0, 0.1) is 5.82 Å². The van der Waals surface area contributed by atoms with Gasteiger partial charge in [0.1, 0.15) is 5.82 Å². The molecular weight excluding hydrogens is 341 g/mol. The van der Waals surface area contributed by atoms with Gasteiger partial charge >= 0.3 is 0 Å². The van der Waals surface area contributed by atoms with E-state index in [0.29, 0.717) is 5.16 Å². The number of aryl methyl sites for hydroxylation is 1. The minimum absolute atomic E-state index is 0.176. The lowest BCUT2D eigenvalue weighted by molar-refractivity contribution is -0.120. The van der Waals surface area contributed by atoms with Gasteiger partial charge in [0.25, 0.3) is 5.56 Å². The molecule has 0 aliphatic carbocycles. The highest BCUT2D eigenvalue weighted by Crippen LogP contribution is 2.20. The highest BCUT2D eigenvalue weighted by molar-refractivity contribution is 8.00. The van der Waals surface area contributed by atoms with Crippen LogP contribution in [0.1, 0.15) is 44.5 Å². The number of hydrogen-bond donors (Lipinski definition) is 2. The fourth-order valence-corrected chi connectivity index (χ4v) is 3.15. The van der Waals surface area contributed by atoms with E-state index in [9.17, 15) is 14.0 Å². The molecule has 134 valence electrons. The van der Waals surface area contributed by atoms with Gasteiger partial charge in [-0.1, -0.05) is 37.2 Å². The third kappa shape index (κ3) is 5.70. The summed E-state index contributed by atoms with van der Waals surface area (Å²) in [5.41, 5.74) is 1.33. The molecule has 0 saturated heterocycles. The molecule has 0 saturated carbocycles. The molecule has 0 aliphatic heterocycles. The van der Waals surface area contributed by atoms with E-state index in [2.05, 4.69) is 15.3 Å². The molecule has 5 nitrogen and oxygen atoms in total. The van der Waals surface area contributed by atoms with Crippen LogP contribution in [0.4, 0.5) is 4.39 Å². The highest BCUT2D eigenvalue weighted by atomic mass is 32.2. The Morgan fingerprint density at radius 3 is 2.64 bits per heavy atom. The summed E-state index contributed by atoms with van der Waals surface area (Å²) in [6.07, 6.45) is 1.62. The normalized spacial score (nSPS) is 13.3. The van der Waals surface area contributed by atoms with Crippen molar-refractivity contribution in [1.82, 2.24) is 15.3 Å². The monoisotopic (exact) mass is 363 g/mol. The minimum atomic E-state index is -0.428. The van der Waals surface area contributed by atoms with Crippen molar-refractivity contribution in [3.05, 3.63) is 57.8 Å². The van der Waals surface area contributed by atoms with E-state index in [1.54, 1.807) is 19.1 Å². The Balaban J connectivity index is 2.00. The lowest BCUT2D eigenvalue weighted by Crippen LogP contribution is -2.33. The van der Waals surface area contributed by atoms with Crippen LogP contribution in [-0.4, -0.2) is 21.1 Å². The lowest BCUT2D eigenvalue weighted by atomic mass is 10.1. The molecule has 0 fully saturated rings. The van der Waals surface area contributed by atoms with Crippen molar-refractivity contribution in [1.29, 1.82) is 0 Å². The van der Waals surface area contributed by atoms with Crippen LogP contribution in [0.2, 0.25) is 0 Å². The van der Waals surface area contributed by atoms with Crippen LogP contribution in [0.3, 0.4) is 0 Å². The van der Waals surface area contributed by atoms with Crippen molar-refractivity contribution in [2.75, 3.05) is 0 Å². The summed E-state index contributed by atoms with van der Waals surface area (Å²) in [5, 5.41) is 2.90. The summed E-state index contributed by atoms with van der Waals surface area (Å²) in [7, 11) is 0. The third-order valence-electron chi connectivity index (χ3n) is 3.67. The summed E-state index contributed by atoms with van der Waals surface area (Å²) in [4.78, 5) is 31.1. The van der Waals surface area contributed by atoms with Crippen LogP contribution < -0.4 is 10.9 Å². The molecule has 25 heavy (non-hydrogen) atoms. The molecule has 0 spiro atoms. The first-order valence-corrected chi connectivity index (χ1v) is 9.09. The second kappa shape index (κ2) is 8.80. The number of aromatic nitrogens is 2. The van der Waals surface area contributed by atoms with Gasteiger partial charge in [0.05, 0.1) is 11.3 Å². The Kier molecular flexibility index (Phi) is 6.75. The largest absolute Gasteiger partial charge is 0.349 e. The van der Waals surface area contributed by atoms with Crippen molar-refractivity contribution in [3.63, 3.8) is 0 Å². The molecule has 2 atom stereocenters. The van der Waals surface area contributed by atoms with E-state index < -0.39 is 5.25 Å². The van der Waals surface area contributed by atoms with Gasteiger partial charge < -0.3 is 10.3 Å². The van der Waals surface area contributed by atoms with Crippen LogP contribution in [0.25, 0.3) is 0 Å². The van der Waals surface area contributed by atoms with Crippen molar-refractivity contribution in [3.8, 4) is 0 Å². The molecule has 0 bridgehead atoms. The second-order valence-electron chi connectivity index (χ2n) is 5.83. The number of hydrogen-bond acceptors (Lipinski definition) is 4. The molecule has 1 aromatic heterocycles. The SMILES string of the molecule is CCCc1cc(=O)[nH]c(S[C@H](C)C(=O)N[C@H](C)c2ccc(F)cc2)n1. The first-order chi connectivity index (χ1) is 11.9. The molecule has 1 aromatic carbocycles. The number of aromatic amines is 1. The van der Waals surface area contributed by atoms with Crippen LogP contribution in [-0.2, 0) is 11.2 Å². The van der Waals surface area contributed by atoms with Gasteiger partial charge in [-0.2, -0.15) is 0 Å². The van der Waals surface area contributed by atoms with Gasteiger partial charge in [0, 0.05) is 11.8 Å². The number of nitrogens with one attached hydrogen (secondary N) is 2. The molecular formula is C18H22FN3O2S. The predicted molar refractivity (Wildman–Crippen MR) is 97.1 cm³/mol. The predicted octanol–water partition coefficient (Wildman–Crippen LogP) is 3.22. The fourth-order valence-electron chi connectivity index (χ4n) is 2.31. The number of nitrogens with zero attached hydrogens (tertiary/aromatic N) is 1. The Hall–Kier alpha value is -2.15. The van der Waals surface area contributed by atoms with Crippen LogP contribution in [0.15, 0.2) is 40.3 Å². The van der Waals surface area contributed by atoms with Gasteiger partial charge in [-0.25, -0.2) is 9.37 Å². The van der Waals surface area contributed by atoms with Crippen LogP contribution in [0.5, 0.6) is 0 Å². The zero-order chi connectivity index (χ0) is 18.4. The number of thioether (sulfide) groups is 1. The molecule has 0 unspecified atom stereocenters. The lowest BCUT2D eigenvalue weighted by Gasteiger charge is -2.17. The van der Waals surface area contributed by atoms with Crippen molar-refractivity contribution < 1.29 is 9.18 Å². The average Bonchev–Trinajstić information content (AvgIpc) is 2.55. The quantitative estimate of drug-likeness (QED) is 0.585. The molecule has 1 heterocycles. The number of benzene rings is 1. The van der Waals surface area contributed by atoms with Crippen molar-refractivity contribution in [2.24, 2.45) is 0 Å². The van der Waals surface area contributed by atoms with Gasteiger partial charge in [-0.05, 0) is 38.0 Å². The molecule has 0 aliphatic rings. The molecule has 2 N–H and O–H groups in total. The molecule has 2 rings (SSSR count). The maximum absolute atomic E-state index is 13.0. The molecule has 2 aromatic rings.